The third kappa shape index (κ3) is 4.52. The van der Waals surface area contributed by atoms with Crippen LogP contribution in [0.2, 0.25) is 5.02 Å². The van der Waals surface area contributed by atoms with Crippen molar-refractivity contribution in [3.05, 3.63) is 50.9 Å². The number of hydrogen-bond acceptors (Lipinski definition) is 4. The minimum atomic E-state index is -0.449. The number of benzene rings is 1. The number of carbonyl (C=O) groups is 1. The second-order valence-electron chi connectivity index (χ2n) is 9.61. The molecule has 30 heavy (non-hydrogen) atoms. The van der Waals surface area contributed by atoms with E-state index in [9.17, 15) is 4.79 Å². The summed E-state index contributed by atoms with van der Waals surface area (Å²) < 4.78 is 5.52. The van der Waals surface area contributed by atoms with Crippen LogP contribution in [-0.4, -0.2) is 34.7 Å². The Hall–Kier alpha value is -1.59. The van der Waals surface area contributed by atoms with E-state index in [1.165, 1.54) is 29.1 Å². The van der Waals surface area contributed by atoms with Crippen LogP contribution >= 0.6 is 22.9 Å². The van der Waals surface area contributed by atoms with Gasteiger partial charge >= 0.3 is 6.09 Å². The van der Waals surface area contributed by atoms with Crippen molar-refractivity contribution in [1.29, 1.82) is 0 Å². The molecule has 1 amide bonds. The molecule has 2 aliphatic rings. The number of thiazole rings is 1. The zero-order valence-corrected chi connectivity index (χ0v) is 19.7. The fourth-order valence-corrected chi connectivity index (χ4v) is 5.99. The number of nitrogens with zero attached hydrogens (tertiary/aromatic N) is 2. The quantitative estimate of drug-likeness (QED) is 0.522. The van der Waals surface area contributed by atoms with Gasteiger partial charge in [0.15, 0.2) is 0 Å². The van der Waals surface area contributed by atoms with Gasteiger partial charge in [-0.3, -0.25) is 0 Å². The van der Waals surface area contributed by atoms with Crippen LogP contribution in [0.3, 0.4) is 0 Å². The van der Waals surface area contributed by atoms with Crippen LogP contribution in [0.5, 0.6) is 0 Å². The molecule has 0 radical (unpaired) electrons. The summed E-state index contributed by atoms with van der Waals surface area (Å²) in [7, 11) is 0. The highest BCUT2D eigenvalue weighted by Gasteiger charge is 2.40. The molecule has 6 heteroatoms. The smallest absolute Gasteiger partial charge is 0.410 e. The molecule has 0 N–H and O–H groups in total. The standard InChI is InChI=1S/C24H31ClN2O2S/c1-23(2,3)29-22(28)27-14-10-17(11-15-27)21-26-20(16-30-21)24(12-4-5-13-24)18-6-8-19(25)9-7-18/h6-9,16-17H,4-5,10-15H2,1-3H3. The van der Waals surface area contributed by atoms with E-state index in [1.54, 1.807) is 11.3 Å². The predicted octanol–water partition coefficient (Wildman–Crippen LogP) is 6.77. The maximum atomic E-state index is 12.3. The zero-order valence-electron chi connectivity index (χ0n) is 18.1. The number of aromatic nitrogens is 1. The van der Waals surface area contributed by atoms with Crippen molar-refractivity contribution in [2.75, 3.05) is 13.1 Å². The van der Waals surface area contributed by atoms with Gasteiger partial charge in [0.2, 0.25) is 0 Å². The van der Waals surface area contributed by atoms with Crippen LogP contribution in [0.25, 0.3) is 0 Å². The Morgan fingerprint density at radius 1 is 1.17 bits per heavy atom. The first-order valence-corrected chi connectivity index (χ1v) is 12.2. The van der Waals surface area contributed by atoms with Gasteiger partial charge in [0, 0.05) is 34.8 Å². The minimum absolute atomic E-state index is 0.0244. The van der Waals surface area contributed by atoms with Gasteiger partial charge in [-0.15, -0.1) is 11.3 Å². The molecule has 1 aromatic heterocycles. The van der Waals surface area contributed by atoms with Crippen molar-refractivity contribution < 1.29 is 9.53 Å². The lowest BCUT2D eigenvalue weighted by Gasteiger charge is -2.33. The van der Waals surface area contributed by atoms with E-state index in [4.69, 9.17) is 21.3 Å². The van der Waals surface area contributed by atoms with Crippen molar-refractivity contribution in [1.82, 2.24) is 9.88 Å². The molecule has 2 aromatic rings. The molecule has 1 saturated carbocycles. The molecular formula is C24H31ClN2O2S. The van der Waals surface area contributed by atoms with Gasteiger partial charge < -0.3 is 9.64 Å². The van der Waals surface area contributed by atoms with E-state index in [0.717, 1.165) is 43.8 Å². The van der Waals surface area contributed by atoms with E-state index in [0.29, 0.717) is 5.92 Å². The molecule has 4 nitrogen and oxygen atoms in total. The highest BCUT2D eigenvalue weighted by Crippen LogP contribution is 2.47. The summed E-state index contributed by atoms with van der Waals surface area (Å²) >= 11 is 7.92. The molecule has 162 valence electrons. The highest BCUT2D eigenvalue weighted by atomic mass is 35.5. The van der Waals surface area contributed by atoms with Crippen LogP contribution in [-0.2, 0) is 10.2 Å². The molecule has 1 aliphatic heterocycles. The third-order valence-electron chi connectivity index (χ3n) is 6.36. The van der Waals surface area contributed by atoms with Crippen molar-refractivity contribution in [3.8, 4) is 0 Å². The van der Waals surface area contributed by atoms with E-state index in [-0.39, 0.29) is 11.5 Å². The van der Waals surface area contributed by atoms with Gasteiger partial charge in [-0.25, -0.2) is 9.78 Å². The Bertz CT molecular complexity index is 873. The molecular weight excluding hydrogens is 416 g/mol. The zero-order chi connectivity index (χ0) is 21.4. The summed E-state index contributed by atoms with van der Waals surface area (Å²) in [6.45, 7) is 7.20. The lowest BCUT2D eigenvalue weighted by atomic mass is 9.76. The molecule has 1 saturated heterocycles. The Morgan fingerprint density at radius 3 is 2.40 bits per heavy atom. The van der Waals surface area contributed by atoms with Gasteiger partial charge in [0.1, 0.15) is 5.60 Å². The average Bonchev–Trinajstić information content (AvgIpc) is 3.38. The molecule has 4 rings (SSSR count). The van der Waals surface area contributed by atoms with E-state index in [1.807, 2.05) is 37.8 Å². The molecule has 0 spiro atoms. The summed E-state index contributed by atoms with van der Waals surface area (Å²) in [5.74, 6) is 0.422. The van der Waals surface area contributed by atoms with E-state index >= 15 is 0 Å². The number of hydrogen-bond donors (Lipinski definition) is 0. The number of halogens is 1. The van der Waals surface area contributed by atoms with E-state index in [2.05, 4.69) is 17.5 Å². The largest absolute Gasteiger partial charge is 0.444 e. The summed E-state index contributed by atoms with van der Waals surface area (Å²) in [6, 6.07) is 8.34. The molecule has 1 aliphatic carbocycles. The summed E-state index contributed by atoms with van der Waals surface area (Å²) in [6.07, 6.45) is 6.46. The number of amides is 1. The van der Waals surface area contributed by atoms with Crippen LogP contribution in [0.15, 0.2) is 29.6 Å². The molecule has 0 bridgehead atoms. The monoisotopic (exact) mass is 446 g/mol. The van der Waals surface area contributed by atoms with E-state index < -0.39 is 5.60 Å². The van der Waals surface area contributed by atoms with Crippen LogP contribution in [0, 0.1) is 0 Å². The maximum absolute atomic E-state index is 12.3. The number of likely N-dealkylation sites (tertiary alicyclic amines) is 1. The van der Waals surface area contributed by atoms with Crippen LogP contribution < -0.4 is 0 Å². The molecule has 2 fully saturated rings. The summed E-state index contributed by atoms with van der Waals surface area (Å²) in [5, 5.41) is 4.27. The highest BCUT2D eigenvalue weighted by molar-refractivity contribution is 7.09. The normalized spacial score (nSPS) is 19.8. The van der Waals surface area contributed by atoms with Gasteiger partial charge in [0.05, 0.1) is 10.7 Å². The van der Waals surface area contributed by atoms with Gasteiger partial charge in [-0.1, -0.05) is 36.6 Å². The molecule has 1 aromatic carbocycles. The lowest BCUT2D eigenvalue weighted by Crippen LogP contribution is -2.41. The lowest BCUT2D eigenvalue weighted by molar-refractivity contribution is 0.0205. The summed E-state index contributed by atoms with van der Waals surface area (Å²) in [4.78, 5) is 19.3. The number of carbonyl (C=O) groups excluding carboxylic acids is 1. The topological polar surface area (TPSA) is 42.4 Å². The van der Waals surface area contributed by atoms with Gasteiger partial charge in [-0.05, 0) is 64.2 Å². The fourth-order valence-electron chi connectivity index (χ4n) is 4.77. The first-order valence-electron chi connectivity index (χ1n) is 11.0. The van der Waals surface area contributed by atoms with Gasteiger partial charge in [-0.2, -0.15) is 0 Å². The minimum Gasteiger partial charge on any atom is -0.444 e. The Kier molecular flexibility index (Phi) is 6.13. The first kappa shape index (κ1) is 21.6. The number of rotatable bonds is 3. The fraction of sp³-hybridized carbons (Fsp3) is 0.583. The second kappa shape index (κ2) is 8.51. The Labute approximate surface area is 188 Å². The summed E-state index contributed by atoms with van der Waals surface area (Å²) in [5.41, 5.74) is 2.13. The average molecular weight is 447 g/mol. The van der Waals surface area contributed by atoms with Crippen LogP contribution in [0.1, 0.15) is 81.5 Å². The van der Waals surface area contributed by atoms with Crippen molar-refractivity contribution >= 4 is 29.0 Å². The molecule has 2 heterocycles. The predicted molar refractivity (Wildman–Crippen MR) is 123 cm³/mol. The first-order chi connectivity index (χ1) is 14.3. The van der Waals surface area contributed by atoms with Crippen LogP contribution in [0.4, 0.5) is 4.79 Å². The van der Waals surface area contributed by atoms with Crippen molar-refractivity contribution in [2.24, 2.45) is 0 Å². The second-order valence-corrected chi connectivity index (χ2v) is 10.9. The Balaban J connectivity index is 1.46. The van der Waals surface area contributed by atoms with Crippen molar-refractivity contribution in [2.45, 2.75) is 76.2 Å². The molecule has 0 atom stereocenters. The molecule has 0 unspecified atom stereocenters. The Morgan fingerprint density at radius 2 is 1.80 bits per heavy atom. The SMILES string of the molecule is CC(C)(C)OC(=O)N1CCC(c2nc(C3(c4ccc(Cl)cc4)CCCC3)cs2)CC1. The van der Waals surface area contributed by atoms with Gasteiger partial charge in [0.25, 0.3) is 0 Å². The maximum Gasteiger partial charge on any atom is 0.410 e. The number of piperidine rings is 1. The van der Waals surface area contributed by atoms with Crippen molar-refractivity contribution in [3.63, 3.8) is 0 Å². The third-order valence-corrected chi connectivity index (χ3v) is 7.62. The number of ether oxygens (including phenoxy) is 1.